The number of nitrogens with zero attached hydrogens (tertiary/aromatic N) is 3. The number of piperidine rings is 1. The summed E-state index contributed by atoms with van der Waals surface area (Å²) in [6.07, 6.45) is 5.02. The Morgan fingerprint density at radius 3 is 2.56 bits per heavy atom. The SMILES string of the molecule is O=C1CCC(N2Cc3c(NC(=O)CNCCCOCCOCCNC(=O)[C@]4(Cc5cccc(Nc6nccs6)n5)CC[C@@H](Oc5cccc(Cl)c5F)CC4)cccc3C2=O)C(=O)N1. The van der Waals surface area contributed by atoms with Gasteiger partial charge in [-0.25, -0.2) is 14.4 Å². The Labute approximate surface area is 373 Å². The summed E-state index contributed by atoms with van der Waals surface area (Å²) in [6.45, 7) is 2.49. The van der Waals surface area contributed by atoms with Gasteiger partial charge in [0.05, 0.1) is 42.9 Å². The van der Waals surface area contributed by atoms with E-state index >= 15 is 0 Å². The lowest BCUT2D eigenvalue weighted by Crippen LogP contribution is -2.52. The van der Waals surface area contributed by atoms with Gasteiger partial charge in [-0.15, -0.1) is 11.3 Å². The third kappa shape index (κ3) is 11.9. The Balaban J connectivity index is 0.789. The van der Waals surface area contributed by atoms with Crippen LogP contribution in [0.3, 0.4) is 0 Å². The first-order chi connectivity index (χ1) is 30.6. The van der Waals surface area contributed by atoms with Crippen molar-refractivity contribution in [3.8, 4) is 5.75 Å². The number of carbonyl (C=O) groups is 5. The molecule has 1 aliphatic carbocycles. The fourth-order valence-electron chi connectivity index (χ4n) is 8.03. The van der Waals surface area contributed by atoms with Crippen LogP contribution < -0.4 is 31.3 Å². The third-order valence-electron chi connectivity index (χ3n) is 11.3. The molecule has 16 nitrogen and oxygen atoms in total. The molecule has 0 bridgehead atoms. The van der Waals surface area contributed by atoms with Crippen molar-refractivity contribution in [1.82, 2.24) is 30.8 Å². The number of pyridine rings is 1. The molecule has 5 amide bonds. The molecule has 4 heterocycles. The van der Waals surface area contributed by atoms with E-state index in [1.165, 1.54) is 22.3 Å². The fraction of sp³-hybridized carbons (Fsp3) is 0.432. The van der Waals surface area contributed by atoms with E-state index in [4.69, 9.17) is 30.8 Å². The summed E-state index contributed by atoms with van der Waals surface area (Å²) < 4.78 is 32.1. The standard InChI is InChI=1S/C44H50ClFN8O8S/c45-32-7-3-9-35(39(32)46)62-29-13-15-44(16-14-29,25-28-5-1-10-36(50-28)52-43-49-19-24-63-43)42(59)48-18-21-61-23-22-60-20-4-17-47-26-38(56)51-33-8-2-6-30-31(33)27-54(41(30)58)34-11-12-37(55)53-40(34)57/h1-3,5-10,19,24,29,34,47H,4,11-18,20-23,25-27H2,(H,48,59)(H,51,56)(H,49,50,52)(H,53,55,57)/t29-,34?,44-. The average molecular weight is 905 g/mol. The monoisotopic (exact) mass is 904 g/mol. The topological polar surface area (TPSA) is 202 Å². The van der Waals surface area contributed by atoms with Gasteiger partial charge in [-0.3, -0.25) is 29.3 Å². The van der Waals surface area contributed by atoms with Crippen molar-refractivity contribution in [2.24, 2.45) is 5.41 Å². The van der Waals surface area contributed by atoms with Gasteiger partial charge in [0.2, 0.25) is 23.6 Å². The number of halogens is 2. The van der Waals surface area contributed by atoms with E-state index in [0.717, 1.165) is 10.8 Å². The molecule has 3 aliphatic rings. The molecule has 0 radical (unpaired) electrons. The summed E-state index contributed by atoms with van der Waals surface area (Å²) in [4.78, 5) is 74.2. The van der Waals surface area contributed by atoms with E-state index in [9.17, 15) is 28.4 Å². The molecule has 5 N–H and O–H groups in total. The van der Waals surface area contributed by atoms with Crippen molar-refractivity contribution < 1.29 is 42.6 Å². The summed E-state index contributed by atoms with van der Waals surface area (Å²) in [6, 6.07) is 14.7. The fourth-order valence-corrected chi connectivity index (χ4v) is 8.74. The van der Waals surface area contributed by atoms with Gasteiger partial charge in [0.15, 0.2) is 16.7 Å². The van der Waals surface area contributed by atoms with Crippen molar-refractivity contribution in [3.63, 3.8) is 0 Å². The highest BCUT2D eigenvalue weighted by Crippen LogP contribution is 2.41. The Kier molecular flexibility index (Phi) is 15.7. The number of fused-ring (bicyclic) bond motifs is 1. The van der Waals surface area contributed by atoms with Crippen LogP contribution in [0.25, 0.3) is 0 Å². The zero-order valence-corrected chi connectivity index (χ0v) is 36.2. The van der Waals surface area contributed by atoms with Gasteiger partial charge in [0.1, 0.15) is 11.9 Å². The lowest BCUT2D eigenvalue weighted by atomic mass is 9.69. The van der Waals surface area contributed by atoms with E-state index in [0.29, 0.717) is 101 Å². The molecule has 7 rings (SSSR count). The second-order valence-electron chi connectivity index (χ2n) is 15.6. The van der Waals surface area contributed by atoms with Crippen molar-refractivity contribution in [2.75, 3.05) is 56.7 Å². The van der Waals surface area contributed by atoms with Gasteiger partial charge < -0.3 is 40.4 Å². The number of rotatable bonds is 21. The summed E-state index contributed by atoms with van der Waals surface area (Å²) >= 11 is 7.44. The zero-order valence-electron chi connectivity index (χ0n) is 34.6. The van der Waals surface area contributed by atoms with Gasteiger partial charge in [-0.05, 0) is 81.5 Å². The first-order valence-electron chi connectivity index (χ1n) is 21.0. The largest absolute Gasteiger partial charge is 0.487 e. The van der Waals surface area contributed by atoms with E-state index < -0.39 is 23.2 Å². The quantitative estimate of drug-likeness (QED) is 0.0545. The number of aromatic nitrogens is 2. The Morgan fingerprint density at radius 1 is 0.968 bits per heavy atom. The molecule has 1 atom stereocenters. The number of benzene rings is 2. The molecule has 19 heteroatoms. The Bertz CT molecular complexity index is 2260. The van der Waals surface area contributed by atoms with Crippen molar-refractivity contribution in [1.29, 1.82) is 0 Å². The zero-order chi connectivity index (χ0) is 44.2. The molecule has 1 unspecified atom stereocenters. The van der Waals surface area contributed by atoms with Crippen molar-refractivity contribution in [3.05, 3.63) is 93.8 Å². The highest BCUT2D eigenvalue weighted by atomic mass is 35.5. The predicted molar refractivity (Wildman–Crippen MR) is 233 cm³/mol. The molecule has 63 heavy (non-hydrogen) atoms. The lowest BCUT2D eigenvalue weighted by molar-refractivity contribution is -0.137. The first kappa shape index (κ1) is 45.5. The van der Waals surface area contributed by atoms with Crippen molar-refractivity contribution in [2.45, 2.75) is 70.1 Å². The highest BCUT2D eigenvalue weighted by Gasteiger charge is 2.43. The van der Waals surface area contributed by atoms with Crippen LogP contribution in [0.1, 0.15) is 66.6 Å². The number of ether oxygens (including phenoxy) is 3. The van der Waals surface area contributed by atoms with Crippen LogP contribution in [0.15, 0.2) is 66.2 Å². The molecule has 1 saturated heterocycles. The minimum absolute atomic E-state index is 0.00534. The number of carbonyl (C=O) groups excluding carboxylic acids is 5. The molecular weight excluding hydrogens is 855 g/mol. The predicted octanol–water partition coefficient (Wildman–Crippen LogP) is 5.15. The van der Waals surface area contributed by atoms with E-state index in [1.807, 2.05) is 23.6 Å². The molecule has 2 aromatic carbocycles. The number of nitrogens with one attached hydrogen (secondary N) is 5. The normalized spacial score (nSPS) is 19.7. The summed E-state index contributed by atoms with van der Waals surface area (Å²) in [7, 11) is 0. The van der Waals surface area contributed by atoms with E-state index in [1.54, 1.807) is 36.5 Å². The number of hydrogen-bond donors (Lipinski definition) is 5. The number of thiazole rings is 1. The number of amides is 5. The maximum absolute atomic E-state index is 14.6. The molecule has 2 aliphatic heterocycles. The van der Waals surface area contributed by atoms with Crippen LogP contribution in [0.2, 0.25) is 5.02 Å². The van der Waals surface area contributed by atoms with Crippen LogP contribution in [0.5, 0.6) is 5.75 Å². The van der Waals surface area contributed by atoms with Crippen molar-refractivity contribution >= 4 is 69.1 Å². The van der Waals surface area contributed by atoms with Crippen LogP contribution in [0.4, 0.5) is 21.0 Å². The molecule has 334 valence electrons. The molecule has 1 saturated carbocycles. The smallest absolute Gasteiger partial charge is 0.255 e. The van der Waals surface area contributed by atoms with Gasteiger partial charge in [0, 0.05) is 66.6 Å². The summed E-state index contributed by atoms with van der Waals surface area (Å²) in [5.74, 6) is -1.39. The number of anilines is 3. The lowest BCUT2D eigenvalue weighted by Gasteiger charge is -2.39. The third-order valence-corrected chi connectivity index (χ3v) is 12.2. The second-order valence-corrected chi connectivity index (χ2v) is 16.9. The van der Waals surface area contributed by atoms with Gasteiger partial charge >= 0.3 is 0 Å². The maximum Gasteiger partial charge on any atom is 0.255 e. The molecule has 2 aromatic heterocycles. The molecular formula is C44H50ClFN8O8S. The number of hydrogen-bond acceptors (Lipinski definition) is 13. The minimum Gasteiger partial charge on any atom is -0.487 e. The highest BCUT2D eigenvalue weighted by molar-refractivity contribution is 7.13. The average Bonchev–Trinajstić information content (AvgIpc) is 3.91. The van der Waals surface area contributed by atoms with Crippen LogP contribution >= 0.6 is 22.9 Å². The second kappa shape index (κ2) is 21.7. The van der Waals surface area contributed by atoms with E-state index in [-0.39, 0.29) is 66.4 Å². The Morgan fingerprint density at radius 2 is 1.76 bits per heavy atom. The molecule has 2 fully saturated rings. The van der Waals surface area contributed by atoms with Gasteiger partial charge in [-0.2, -0.15) is 0 Å². The first-order valence-corrected chi connectivity index (χ1v) is 22.3. The Hall–Kier alpha value is -5.53. The van der Waals surface area contributed by atoms with Crippen LogP contribution in [-0.4, -0.2) is 103 Å². The van der Waals surface area contributed by atoms with Crippen LogP contribution in [0, 0.1) is 11.2 Å². The summed E-state index contributed by atoms with van der Waals surface area (Å²) in [5, 5.41) is 17.1. The van der Waals surface area contributed by atoms with Gasteiger partial charge in [0.25, 0.3) is 5.91 Å². The minimum atomic E-state index is -0.763. The van der Waals surface area contributed by atoms with Gasteiger partial charge in [-0.1, -0.05) is 29.8 Å². The molecule has 0 spiro atoms. The maximum atomic E-state index is 14.6. The van der Waals surface area contributed by atoms with Crippen LogP contribution in [-0.2, 0) is 41.6 Å². The van der Waals surface area contributed by atoms with E-state index in [2.05, 4.69) is 31.6 Å². The number of imide groups is 1. The summed E-state index contributed by atoms with van der Waals surface area (Å²) in [5.41, 5.74) is 1.56. The molecule has 4 aromatic rings.